The third-order valence-corrected chi connectivity index (χ3v) is 6.08. The standard InChI is InChI=1S/C18H25N3O3/c1-13-18(21(12-15(22)23)16(24)20(13)2)10-8-17(19,9-11-18)14-6-4-3-5-7-14/h3-7,13H,8-12,19H2,1-2H3,(H,22,23). The fraction of sp³-hybridized carbons (Fsp3) is 0.556. The van der Waals surface area contributed by atoms with E-state index < -0.39 is 17.0 Å². The quantitative estimate of drug-likeness (QED) is 0.887. The van der Waals surface area contributed by atoms with E-state index in [2.05, 4.69) is 0 Å². The zero-order chi connectivity index (χ0) is 17.5. The molecule has 2 amide bonds. The molecule has 1 aliphatic carbocycles. The van der Waals surface area contributed by atoms with Gasteiger partial charge in [0.1, 0.15) is 6.54 Å². The molecule has 6 heteroatoms. The molecule has 2 fully saturated rings. The lowest BCUT2D eigenvalue weighted by molar-refractivity contribution is -0.139. The summed E-state index contributed by atoms with van der Waals surface area (Å²) in [5.74, 6) is -0.974. The van der Waals surface area contributed by atoms with Crippen molar-refractivity contribution in [2.75, 3.05) is 13.6 Å². The summed E-state index contributed by atoms with van der Waals surface area (Å²) in [6, 6.07) is 9.81. The van der Waals surface area contributed by atoms with Gasteiger partial charge in [-0.25, -0.2) is 4.79 Å². The zero-order valence-corrected chi connectivity index (χ0v) is 14.2. The number of carbonyl (C=O) groups excluding carboxylic acids is 1. The van der Waals surface area contributed by atoms with Crippen LogP contribution in [0.25, 0.3) is 0 Å². The fourth-order valence-electron chi connectivity index (χ4n) is 4.37. The fourth-order valence-corrected chi connectivity index (χ4v) is 4.37. The van der Waals surface area contributed by atoms with E-state index in [1.54, 1.807) is 16.8 Å². The number of carboxylic acid groups (broad SMARTS) is 1. The van der Waals surface area contributed by atoms with Gasteiger partial charge < -0.3 is 20.6 Å². The second-order valence-corrected chi connectivity index (χ2v) is 7.18. The third-order valence-electron chi connectivity index (χ3n) is 6.08. The lowest BCUT2D eigenvalue weighted by atomic mass is 9.67. The average Bonchev–Trinajstić information content (AvgIpc) is 2.74. The van der Waals surface area contributed by atoms with Crippen LogP contribution in [0.1, 0.15) is 38.2 Å². The van der Waals surface area contributed by atoms with Crippen molar-refractivity contribution in [3.63, 3.8) is 0 Å². The second kappa shape index (κ2) is 5.77. The molecule has 1 unspecified atom stereocenters. The van der Waals surface area contributed by atoms with Crippen LogP contribution in [0, 0.1) is 0 Å². The number of urea groups is 1. The Labute approximate surface area is 142 Å². The van der Waals surface area contributed by atoms with Crippen molar-refractivity contribution in [2.45, 2.75) is 49.7 Å². The number of rotatable bonds is 3. The maximum atomic E-state index is 12.5. The van der Waals surface area contributed by atoms with Gasteiger partial charge in [0, 0.05) is 12.6 Å². The van der Waals surface area contributed by atoms with E-state index in [-0.39, 0.29) is 18.6 Å². The molecular formula is C18H25N3O3. The first-order chi connectivity index (χ1) is 11.3. The van der Waals surface area contributed by atoms with Crippen LogP contribution in [-0.2, 0) is 10.3 Å². The van der Waals surface area contributed by atoms with Crippen molar-refractivity contribution < 1.29 is 14.7 Å². The van der Waals surface area contributed by atoms with Crippen LogP contribution < -0.4 is 5.73 Å². The number of carboxylic acids is 1. The lowest BCUT2D eigenvalue weighted by Gasteiger charge is -2.48. The Hall–Kier alpha value is -2.08. The molecule has 1 atom stereocenters. The van der Waals surface area contributed by atoms with Crippen molar-refractivity contribution in [1.82, 2.24) is 9.80 Å². The minimum absolute atomic E-state index is 0.0235. The van der Waals surface area contributed by atoms with Crippen molar-refractivity contribution in [3.8, 4) is 0 Å². The summed E-state index contributed by atoms with van der Waals surface area (Å²) < 4.78 is 0. The number of nitrogens with two attached hydrogens (primary N) is 1. The summed E-state index contributed by atoms with van der Waals surface area (Å²) in [5, 5.41) is 9.22. The molecular weight excluding hydrogens is 306 g/mol. The highest BCUT2D eigenvalue weighted by Crippen LogP contribution is 2.47. The summed E-state index contributed by atoms with van der Waals surface area (Å²) >= 11 is 0. The summed E-state index contributed by atoms with van der Waals surface area (Å²) in [4.78, 5) is 27.0. The Morgan fingerprint density at radius 3 is 2.38 bits per heavy atom. The molecule has 1 spiro atoms. The molecule has 1 saturated carbocycles. The van der Waals surface area contributed by atoms with Gasteiger partial charge >= 0.3 is 12.0 Å². The van der Waals surface area contributed by atoms with Crippen LogP contribution in [0.2, 0.25) is 0 Å². The Morgan fingerprint density at radius 2 is 1.83 bits per heavy atom. The summed E-state index contributed by atoms with van der Waals surface area (Å²) in [6.07, 6.45) is 2.89. The topological polar surface area (TPSA) is 86.9 Å². The lowest BCUT2D eigenvalue weighted by Crippen LogP contribution is -2.57. The molecule has 1 aromatic rings. The van der Waals surface area contributed by atoms with E-state index in [1.165, 1.54) is 0 Å². The van der Waals surface area contributed by atoms with E-state index in [4.69, 9.17) is 5.73 Å². The van der Waals surface area contributed by atoms with Gasteiger partial charge in [0.2, 0.25) is 0 Å². The minimum atomic E-state index is -0.974. The first-order valence-corrected chi connectivity index (χ1v) is 8.41. The van der Waals surface area contributed by atoms with Gasteiger partial charge in [-0.1, -0.05) is 30.3 Å². The molecule has 0 radical (unpaired) electrons. The highest BCUT2D eigenvalue weighted by Gasteiger charge is 2.56. The van der Waals surface area contributed by atoms with Crippen LogP contribution in [0.15, 0.2) is 30.3 Å². The predicted octanol–water partition coefficient (Wildman–Crippen LogP) is 1.99. The number of aliphatic carboxylic acids is 1. The number of likely N-dealkylation sites (N-methyl/N-ethyl adjacent to an activating group) is 1. The first kappa shape index (κ1) is 16.8. The SMILES string of the molecule is CC1N(C)C(=O)N(CC(=O)O)C12CCC(N)(c1ccccc1)CC2. The largest absolute Gasteiger partial charge is 0.480 e. The summed E-state index contributed by atoms with van der Waals surface area (Å²) in [6.45, 7) is 1.75. The second-order valence-electron chi connectivity index (χ2n) is 7.18. The van der Waals surface area contributed by atoms with Crippen molar-refractivity contribution in [2.24, 2.45) is 5.73 Å². The van der Waals surface area contributed by atoms with Gasteiger partial charge in [0.05, 0.1) is 11.6 Å². The summed E-state index contributed by atoms with van der Waals surface area (Å²) in [7, 11) is 1.75. The maximum Gasteiger partial charge on any atom is 0.323 e. The van der Waals surface area contributed by atoms with Gasteiger partial charge in [-0.3, -0.25) is 4.79 Å². The van der Waals surface area contributed by atoms with Crippen molar-refractivity contribution >= 4 is 12.0 Å². The first-order valence-electron chi connectivity index (χ1n) is 8.41. The number of amides is 2. The number of carbonyl (C=O) groups is 2. The predicted molar refractivity (Wildman–Crippen MR) is 90.5 cm³/mol. The maximum absolute atomic E-state index is 12.5. The molecule has 1 heterocycles. The molecule has 0 bridgehead atoms. The molecule has 1 aromatic carbocycles. The van der Waals surface area contributed by atoms with Gasteiger partial charge in [0.15, 0.2) is 0 Å². The van der Waals surface area contributed by atoms with Crippen LogP contribution in [0.5, 0.6) is 0 Å². The van der Waals surface area contributed by atoms with E-state index in [0.717, 1.165) is 18.4 Å². The Kier molecular flexibility index (Phi) is 4.03. The molecule has 3 N–H and O–H groups in total. The van der Waals surface area contributed by atoms with Gasteiger partial charge in [-0.05, 0) is 38.2 Å². The average molecular weight is 331 g/mol. The number of nitrogens with zero attached hydrogens (tertiary/aromatic N) is 2. The van der Waals surface area contributed by atoms with Gasteiger partial charge in [-0.2, -0.15) is 0 Å². The molecule has 2 aliphatic rings. The highest BCUT2D eigenvalue weighted by atomic mass is 16.4. The minimum Gasteiger partial charge on any atom is -0.480 e. The highest BCUT2D eigenvalue weighted by molar-refractivity contribution is 5.83. The van der Waals surface area contributed by atoms with E-state index in [1.807, 2.05) is 37.3 Å². The Balaban J connectivity index is 1.87. The van der Waals surface area contributed by atoms with E-state index in [9.17, 15) is 14.7 Å². The molecule has 1 aliphatic heterocycles. The van der Waals surface area contributed by atoms with Crippen molar-refractivity contribution in [3.05, 3.63) is 35.9 Å². The Bertz CT molecular complexity index is 638. The van der Waals surface area contributed by atoms with E-state index >= 15 is 0 Å². The number of hydrogen-bond donors (Lipinski definition) is 2. The van der Waals surface area contributed by atoms with E-state index in [0.29, 0.717) is 12.8 Å². The molecule has 130 valence electrons. The normalized spacial score (nSPS) is 33.3. The van der Waals surface area contributed by atoms with Crippen LogP contribution in [0.4, 0.5) is 4.79 Å². The molecule has 24 heavy (non-hydrogen) atoms. The zero-order valence-electron chi connectivity index (χ0n) is 14.2. The van der Waals surface area contributed by atoms with Gasteiger partial charge in [-0.15, -0.1) is 0 Å². The number of benzene rings is 1. The third kappa shape index (κ3) is 2.45. The van der Waals surface area contributed by atoms with Crippen LogP contribution in [-0.4, -0.2) is 52.1 Å². The van der Waals surface area contributed by atoms with Crippen LogP contribution >= 0.6 is 0 Å². The van der Waals surface area contributed by atoms with Crippen molar-refractivity contribution in [1.29, 1.82) is 0 Å². The summed E-state index contributed by atoms with van der Waals surface area (Å²) in [5.41, 5.74) is 6.91. The molecule has 3 rings (SSSR count). The number of hydrogen-bond acceptors (Lipinski definition) is 3. The molecule has 0 aromatic heterocycles. The molecule has 6 nitrogen and oxygen atoms in total. The van der Waals surface area contributed by atoms with Crippen LogP contribution in [0.3, 0.4) is 0 Å². The van der Waals surface area contributed by atoms with Gasteiger partial charge in [0.25, 0.3) is 0 Å². The monoisotopic (exact) mass is 331 g/mol. The molecule has 1 saturated heterocycles. The Morgan fingerprint density at radius 1 is 1.25 bits per heavy atom. The smallest absolute Gasteiger partial charge is 0.323 e.